The number of benzene rings is 1. The lowest BCUT2D eigenvalue weighted by molar-refractivity contribution is -0.892. The van der Waals surface area contributed by atoms with Crippen LogP contribution in [0.1, 0.15) is 51.4 Å². The normalized spacial score (nSPS) is 20.6. The van der Waals surface area contributed by atoms with Gasteiger partial charge in [0.1, 0.15) is 0 Å². The molecule has 27 heavy (non-hydrogen) atoms. The van der Waals surface area contributed by atoms with Gasteiger partial charge in [-0.2, -0.15) is 4.31 Å². The summed E-state index contributed by atoms with van der Waals surface area (Å²) in [6.07, 6.45) is 9.06. The molecular formula is C20H32N3O3S+. The molecule has 2 N–H and O–H groups in total. The molecule has 0 atom stereocenters. The van der Waals surface area contributed by atoms with Gasteiger partial charge in [0.2, 0.25) is 10.0 Å². The minimum Gasteiger partial charge on any atom is -0.327 e. The largest absolute Gasteiger partial charge is 0.327 e. The number of rotatable bonds is 5. The van der Waals surface area contributed by atoms with Gasteiger partial charge in [0.15, 0.2) is 6.54 Å². The highest BCUT2D eigenvalue weighted by atomic mass is 32.2. The average Bonchev–Trinajstić information content (AvgIpc) is 2.65. The number of quaternary nitrogens is 1. The second-order valence-corrected chi connectivity index (χ2v) is 9.67. The number of nitrogens with zero attached hydrogens (tertiary/aromatic N) is 1. The van der Waals surface area contributed by atoms with Gasteiger partial charge in [-0.1, -0.05) is 18.9 Å². The predicted octanol–water partition coefficient (Wildman–Crippen LogP) is 1.65. The first-order valence-electron chi connectivity index (χ1n) is 10.3. The summed E-state index contributed by atoms with van der Waals surface area (Å²) in [5.74, 6) is -0.0434. The Morgan fingerprint density at radius 3 is 2.30 bits per heavy atom. The van der Waals surface area contributed by atoms with Crippen LogP contribution in [0, 0.1) is 0 Å². The summed E-state index contributed by atoms with van der Waals surface area (Å²) in [4.78, 5) is 14.0. The molecule has 1 amide bonds. The van der Waals surface area contributed by atoms with Crippen molar-refractivity contribution in [1.29, 1.82) is 0 Å². The molecule has 0 aliphatic carbocycles. The van der Waals surface area contributed by atoms with Crippen LogP contribution in [0.25, 0.3) is 0 Å². The van der Waals surface area contributed by atoms with Crippen molar-refractivity contribution in [2.24, 2.45) is 0 Å². The van der Waals surface area contributed by atoms with Crippen LogP contribution in [-0.2, 0) is 14.8 Å². The van der Waals surface area contributed by atoms with Crippen molar-refractivity contribution < 1.29 is 18.1 Å². The molecule has 0 spiro atoms. The summed E-state index contributed by atoms with van der Waals surface area (Å²) in [6.45, 7) is 3.69. The Morgan fingerprint density at radius 1 is 0.963 bits per heavy atom. The van der Waals surface area contributed by atoms with Gasteiger partial charge in [-0.15, -0.1) is 0 Å². The quantitative estimate of drug-likeness (QED) is 0.798. The van der Waals surface area contributed by atoms with E-state index < -0.39 is 10.0 Å². The summed E-state index contributed by atoms with van der Waals surface area (Å²) in [6, 6.07) is 6.67. The van der Waals surface area contributed by atoms with Crippen molar-refractivity contribution in [3.63, 3.8) is 0 Å². The van der Waals surface area contributed by atoms with Crippen molar-refractivity contribution in [2.45, 2.75) is 56.3 Å². The second-order valence-electron chi connectivity index (χ2n) is 7.74. The molecule has 0 saturated carbocycles. The lowest BCUT2D eigenvalue weighted by atomic mass is 10.1. The maximum atomic E-state index is 12.8. The van der Waals surface area contributed by atoms with Gasteiger partial charge in [0, 0.05) is 18.8 Å². The number of anilines is 1. The molecular weight excluding hydrogens is 362 g/mol. The standard InChI is InChI=1S/C20H31N3O3S/c24-20(17-22-12-5-2-1-3-6-13-22)21-18-10-9-11-19(16-18)27(25,26)23-14-7-4-8-15-23/h9-11,16H,1-8,12-15,17H2,(H,21,24)/p+1. The SMILES string of the molecule is O=C(C[NH+]1CCCCCCC1)Nc1cccc(S(=O)(=O)N2CCCCC2)c1. The molecule has 0 unspecified atom stereocenters. The van der Waals surface area contributed by atoms with Gasteiger partial charge in [-0.25, -0.2) is 8.42 Å². The first-order chi connectivity index (χ1) is 13.1. The Morgan fingerprint density at radius 2 is 1.59 bits per heavy atom. The molecule has 150 valence electrons. The molecule has 7 heteroatoms. The van der Waals surface area contributed by atoms with Crippen LogP contribution in [0.4, 0.5) is 5.69 Å². The van der Waals surface area contributed by atoms with E-state index in [0.717, 1.165) is 32.4 Å². The summed E-state index contributed by atoms with van der Waals surface area (Å²) in [5.41, 5.74) is 0.560. The smallest absolute Gasteiger partial charge is 0.279 e. The molecule has 2 aliphatic heterocycles. The third-order valence-corrected chi connectivity index (χ3v) is 7.44. The minimum atomic E-state index is -3.48. The highest BCUT2D eigenvalue weighted by molar-refractivity contribution is 7.89. The van der Waals surface area contributed by atoms with E-state index in [4.69, 9.17) is 0 Å². The highest BCUT2D eigenvalue weighted by Gasteiger charge is 2.26. The summed E-state index contributed by atoms with van der Waals surface area (Å²) < 4.78 is 27.2. The maximum absolute atomic E-state index is 12.8. The average molecular weight is 395 g/mol. The minimum absolute atomic E-state index is 0.0434. The highest BCUT2D eigenvalue weighted by Crippen LogP contribution is 2.22. The summed E-state index contributed by atoms with van der Waals surface area (Å²) in [7, 11) is -3.48. The molecule has 2 fully saturated rings. The van der Waals surface area contributed by atoms with Gasteiger partial charge >= 0.3 is 0 Å². The number of amides is 1. The van der Waals surface area contributed by atoms with Crippen LogP contribution in [0.15, 0.2) is 29.2 Å². The number of carbonyl (C=O) groups excluding carboxylic acids is 1. The van der Waals surface area contributed by atoms with E-state index in [1.165, 1.54) is 37.0 Å². The van der Waals surface area contributed by atoms with Crippen molar-refractivity contribution in [3.8, 4) is 0 Å². The van der Waals surface area contributed by atoms with E-state index in [2.05, 4.69) is 5.32 Å². The maximum Gasteiger partial charge on any atom is 0.279 e. The van der Waals surface area contributed by atoms with Crippen molar-refractivity contribution in [3.05, 3.63) is 24.3 Å². The first-order valence-corrected chi connectivity index (χ1v) is 11.7. The zero-order valence-electron chi connectivity index (χ0n) is 16.1. The van der Waals surface area contributed by atoms with E-state index in [1.54, 1.807) is 28.6 Å². The van der Waals surface area contributed by atoms with Crippen molar-refractivity contribution >= 4 is 21.6 Å². The molecule has 1 aromatic carbocycles. The number of likely N-dealkylation sites (tertiary alicyclic amines) is 1. The fourth-order valence-corrected chi connectivity index (χ4v) is 5.57. The topological polar surface area (TPSA) is 70.9 Å². The molecule has 2 aliphatic rings. The summed E-state index contributed by atoms with van der Waals surface area (Å²) >= 11 is 0. The Labute approximate surface area is 163 Å². The molecule has 2 saturated heterocycles. The number of hydrogen-bond donors (Lipinski definition) is 2. The number of hydrogen-bond acceptors (Lipinski definition) is 3. The van der Waals surface area contributed by atoms with Gasteiger partial charge in [-0.05, 0) is 56.7 Å². The molecule has 2 heterocycles. The van der Waals surface area contributed by atoms with E-state index in [-0.39, 0.29) is 10.8 Å². The zero-order valence-corrected chi connectivity index (χ0v) is 16.9. The summed E-state index contributed by atoms with van der Waals surface area (Å²) in [5, 5.41) is 2.90. The van der Waals surface area contributed by atoms with E-state index >= 15 is 0 Å². The molecule has 0 bridgehead atoms. The lowest BCUT2D eigenvalue weighted by Crippen LogP contribution is -3.13. The molecule has 3 rings (SSSR count). The van der Waals surface area contributed by atoms with Crippen LogP contribution in [-0.4, -0.2) is 51.4 Å². The molecule has 1 aromatic rings. The van der Waals surface area contributed by atoms with E-state index in [9.17, 15) is 13.2 Å². The number of nitrogens with one attached hydrogen (secondary N) is 2. The third-order valence-electron chi connectivity index (χ3n) is 5.54. The Hall–Kier alpha value is -1.44. The molecule has 0 radical (unpaired) electrons. The van der Waals surface area contributed by atoms with Gasteiger partial charge in [0.25, 0.3) is 5.91 Å². The van der Waals surface area contributed by atoms with Crippen molar-refractivity contribution in [1.82, 2.24) is 4.31 Å². The fourth-order valence-electron chi connectivity index (χ4n) is 4.00. The lowest BCUT2D eigenvalue weighted by Gasteiger charge is -2.26. The van der Waals surface area contributed by atoms with Gasteiger partial charge in [-0.3, -0.25) is 4.79 Å². The third kappa shape index (κ3) is 5.77. The number of carbonyl (C=O) groups is 1. The van der Waals surface area contributed by atoms with Crippen LogP contribution < -0.4 is 10.2 Å². The number of piperidine rings is 1. The fraction of sp³-hybridized carbons (Fsp3) is 0.650. The van der Waals surface area contributed by atoms with Crippen LogP contribution >= 0.6 is 0 Å². The van der Waals surface area contributed by atoms with Crippen LogP contribution in [0.5, 0.6) is 0 Å². The Bertz CT molecular complexity index is 722. The zero-order chi connectivity index (χ0) is 19.1. The molecule has 6 nitrogen and oxygen atoms in total. The van der Waals surface area contributed by atoms with Crippen LogP contribution in [0.2, 0.25) is 0 Å². The van der Waals surface area contributed by atoms with Crippen molar-refractivity contribution in [2.75, 3.05) is 38.0 Å². The molecule has 0 aromatic heterocycles. The Kier molecular flexibility index (Phi) is 7.26. The van der Waals surface area contributed by atoms with E-state index in [1.807, 2.05) is 0 Å². The van der Waals surface area contributed by atoms with E-state index in [0.29, 0.717) is 25.3 Å². The van der Waals surface area contributed by atoms with Crippen LogP contribution in [0.3, 0.4) is 0 Å². The number of sulfonamides is 1. The first kappa shape index (κ1) is 20.3. The van der Waals surface area contributed by atoms with Gasteiger partial charge < -0.3 is 10.2 Å². The van der Waals surface area contributed by atoms with Gasteiger partial charge in [0.05, 0.1) is 18.0 Å². The Balaban J connectivity index is 1.62. The monoisotopic (exact) mass is 394 g/mol. The second kappa shape index (κ2) is 9.66. The predicted molar refractivity (Wildman–Crippen MR) is 106 cm³/mol.